The first kappa shape index (κ1) is 13.1. The van der Waals surface area contributed by atoms with Crippen LogP contribution < -0.4 is 5.32 Å². The lowest BCUT2D eigenvalue weighted by Crippen LogP contribution is -2.46. The number of hydrogen-bond acceptors (Lipinski definition) is 5. The number of likely N-dealkylation sites (tertiary alicyclic amines) is 1. The van der Waals surface area contributed by atoms with Crippen LogP contribution in [0, 0.1) is 6.92 Å². The van der Waals surface area contributed by atoms with Crippen LogP contribution in [-0.2, 0) is 0 Å². The van der Waals surface area contributed by atoms with E-state index in [1.165, 1.54) is 0 Å². The minimum absolute atomic E-state index is 0.0974. The summed E-state index contributed by atoms with van der Waals surface area (Å²) in [6, 6.07) is 0.490. The monoisotopic (exact) mass is 269 g/mol. The fourth-order valence-electron chi connectivity index (χ4n) is 2.03. The van der Waals surface area contributed by atoms with Crippen molar-refractivity contribution in [1.29, 1.82) is 0 Å². The summed E-state index contributed by atoms with van der Waals surface area (Å²) in [5.41, 5.74) is 0. The maximum absolute atomic E-state index is 11.8. The molecule has 2 rings (SSSR count). The molecule has 0 saturated carbocycles. The number of nitrogens with one attached hydrogen (secondary N) is 1. The van der Waals surface area contributed by atoms with Crippen molar-refractivity contribution in [1.82, 2.24) is 20.0 Å². The maximum Gasteiger partial charge on any atom is 0.319 e. The van der Waals surface area contributed by atoms with Crippen LogP contribution >= 0.6 is 11.3 Å². The third-order valence-corrected chi connectivity index (χ3v) is 3.77. The number of piperidine rings is 1. The van der Waals surface area contributed by atoms with E-state index >= 15 is 0 Å². The third-order valence-electron chi connectivity index (χ3n) is 3.00. The first-order valence-electron chi connectivity index (χ1n) is 6.09. The Kier molecular flexibility index (Phi) is 4.00. The first-order chi connectivity index (χ1) is 8.56. The molecule has 0 spiro atoms. The molecule has 100 valence electrons. The van der Waals surface area contributed by atoms with Gasteiger partial charge in [-0.2, -0.15) is 0 Å². The summed E-state index contributed by atoms with van der Waals surface area (Å²) in [7, 11) is 3.58. The fourth-order valence-corrected chi connectivity index (χ4v) is 2.70. The minimum atomic E-state index is 0.0974. The van der Waals surface area contributed by atoms with Crippen molar-refractivity contribution in [2.75, 3.05) is 32.5 Å². The summed E-state index contributed by atoms with van der Waals surface area (Å²) in [4.78, 5) is 15.3. The molecule has 1 aliphatic heterocycles. The topological polar surface area (TPSA) is 61.4 Å². The molecule has 0 atom stereocenters. The van der Waals surface area contributed by atoms with E-state index < -0.39 is 0 Å². The molecule has 18 heavy (non-hydrogen) atoms. The summed E-state index contributed by atoms with van der Waals surface area (Å²) < 4.78 is 0. The molecular formula is C11H19N5OS. The van der Waals surface area contributed by atoms with Crippen molar-refractivity contribution in [3.63, 3.8) is 0 Å². The summed E-state index contributed by atoms with van der Waals surface area (Å²) in [6.45, 7) is 3.54. The molecular weight excluding hydrogens is 250 g/mol. The second kappa shape index (κ2) is 5.51. The Bertz CT molecular complexity index is 411. The van der Waals surface area contributed by atoms with E-state index in [9.17, 15) is 4.79 Å². The van der Waals surface area contributed by atoms with Crippen molar-refractivity contribution in [2.24, 2.45) is 0 Å². The number of amides is 2. The number of carbonyl (C=O) groups excluding carboxylic acids is 1. The lowest BCUT2D eigenvalue weighted by atomic mass is 10.1. The Morgan fingerprint density at radius 2 is 2.06 bits per heavy atom. The Morgan fingerprint density at radius 3 is 2.56 bits per heavy atom. The highest BCUT2D eigenvalue weighted by Crippen LogP contribution is 2.19. The largest absolute Gasteiger partial charge is 0.357 e. The third kappa shape index (κ3) is 3.10. The van der Waals surface area contributed by atoms with Crippen LogP contribution in [0.4, 0.5) is 9.93 Å². The van der Waals surface area contributed by atoms with Crippen LogP contribution in [-0.4, -0.2) is 59.3 Å². The molecule has 2 heterocycles. The van der Waals surface area contributed by atoms with E-state index in [2.05, 4.69) is 15.5 Å². The Hall–Kier alpha value is -1.37. The van der Waals surface area contributed by atoms with Gasteiger partial charge in [-0.1, -0.05) is 11.3 Å². The van der Waals surface area contributed by atoms with Gasteiger partial charge in [0.1, 0.15) is 5.01 Å². The summed E-state index contributed by atoms with van der Waals surface area (Å²) in [5, 5.41) is 13.3. The van der Waals surface area contributed by atoms with Crippen molar-refractivity contribution < 1.29 is 4.79 Å². The zero-order valence-electron chi connectivity index (χ0n) is 11.0. The molecule has 0 radical (unpaired) electrons. The number of urea groups is 1. The van der Waals surface area contributed by atoms with Gasteiger partial charge in [-0.25, -0.2) is 4.79 Å². The van der Waals surface area contributed by atoms with Gasteiger partial charge in [0, 0.05) is 33.2 Å². The van der Waals surface area contributed by atoms with E-state index in [-0.39, 0.29) is 6.03 Å². The van der Waals surface area contributed by atoms with Gasteiger partial charge in [-0.15, -0.1) is 10.2 Å². The highest BCUT2D eigenvalue weighted by atomic mass is 32.1. The second-order valence-corrected chi connectivity index (χ2v) is 5.89. The Labute approximate surface area is 111 Å². The van der Waals surface area contributed by atoms with Crippen molar-refractivity contribution >= 4 is 22.5 Å². The van der Waals surface area contributed by atoms with Gasteiger partial charge in [0.2, 0.25) is 5.13 Å². The number of nitrogens with zero attached hydrogens (tertiary/aromatic N) is 4. The predicted octanol–water partition coefficient (Wildman–Crippen LogP) is 1.40. The summed E-state index contributed by atoms with van der Waals surface area (Å²) in [5.74, 6) is 0. The van der Waals surface area contributed by atoms with Crippen molar-refractivity contribution in [3.8, 4) is 0 Å². The van der Waals surface area contributed by atoms with Crippen LogP contribution in [0.25, 0.3) is 0 Å². The zero-order chi connectivity index (χ0) is 13.1. The standard InChI is InChI=1S/C11H19N5OS/c1-8-13-14-10(18-8)12-9-4-6-16(7-5-9)11(17)15(2)3/h9H,4-7H2,1-3H3,(H,12,14). The van der Waals surface area contributed by atoms with Crippen LogP contribution in [0.15, 0.2) is 0 Å². The van der Waals surface area contributed by atoms with E-state index in [0.717, 1.165) is 36.1 Å². The number of anilines is 1. The number of carbonyl (C=O) groups is 1. The zero-order valence-corrected chi connectivity index (χ0v) is 11.8. The minimum Gasteiger partial charge on any atom is -0.357 e. The van der Waals surface area contributed by atoms with Crippen LogP contribution in [0.1, 0.15) is 17.8 Å². The van der Waals surface area contributed by atoms with Gasteiger partial charge in [-0.05, 0) is 19.8 Å². The van der Waals surface area contributed by atoms with Crippen molar-refractivity contribution in [3.05, 3.63) is 5.01 Å². The molecule has 7 heteroatoms. The van der Waals surface area contributed by atoms with E-state index in [0.29, 0.717) is 6.04 Å². The van der Waals surface area contributed by atoms with Gasteiger partial charge in [0.05, 0.1) is 0 Å². The molecule has 6 nitrogen and oxygen atoms in total. The summed E-state index contributed by atoms with van der Waals surface area (Å²) in [6.07, 6.45) is 1.91. The molecule has 0 aliphatic carbocycles. The molecule has 1 aromatic heterocycles. The quantitative estimate of drug-likeness (QED) is 0.881. The van der Waals surface area contributed by atoms with E-state index in [1.807, 2.05) is 11.8 Å². The number of aromatic nitrogens is 2. The second-order valence-electron chi connectivity index (χ2n) is 4.71. The maximum atomic E-state index is 11.8. The molecule has 1 N–H and O–H groups in total. The van der Waals surface area contributed by atoms with Crippen LogP contribution in [0.3, 0.4) is 0 Å². The van der Waals surface area contributed by atoms with Gasteiger partial charge in [0.25, 0.3) is 0 Å². The summed E-state index contributed by atoms with van der Waals surface area (Å²) >= 11 is 1.57. The van der Waals surface area contributed by atoms with Crippen LogP contribution in [0.2, 0.25) is 0 Å². The van der Waals surface area contributed by atoms with Gasteiger partial charge in [0.15, 0.2) is 0 Å². The van der Waals surface area contributed by atoms with Gasteiger partial charge >= 0.3 is 6.03 Å². The Morgan fingerprint density at radius 1 is 1.39 bits per heavy atom. The van der Waals surface area contributed by atoms with Crippen LogP contribution in [0.5, 0.6) is 0 Å². The molecule has 0 bridgehead atoms. The fraction of sp³-hybridized carbons (Fsp3) is 0.727. The molecule has 0 unspecified atom stereocenters. The van der Waals surface area contributed by atoms with Gasteiger partial charge in [-0.3, -0.25) is 0 Å². The number of rotatable bonds is 2. The molecule has 1 aromatic rings. The van der Waals surface area contributed by atoms with Crippen molar-refractivity contribution in [2.45, 2.75) is 25.8 Å². The predicted molar refractivity (Wildman–Crippen MR) is 71.9 cm³/mol. The average Bonchev–Trinajstić information content (AvgIpc) is 2.75. The highest BCUT2D eigenvalue weighted by Gasteiger charge is 2.24. The number of aryl methyl sites for hydroxylation is 1. The number of hydrogen-bond donors (Lipinski definition) is 1. The first-order valence-corrected chi connectivity index (χ1v) is 6.91. The highest BCUT2D eigenvalue weighted by molar-refractivity contribution is 7.15. The molecule has 1 aliphatic rings. The molecule has 1 fully saturated rings. The molecule has 0 aromatic carbocycles. The average molecular weight is 269 g/mol. The normalized spacial score (nSPS) is 16.7. The SMILES string of the molecule is Cc1nnc(NC2CCN(C(=O)N(C)C)CC2)s1. The molecule has 1 saturated heterocycles. The lowest BCUT2D eigenvalue weighted by Gasteiger charge is -2.33. The Balaban J connectivity index is 1.82. The molecule has 2 amide bonds. The van der Waals surface area contributed by atoms with E-state index in [1.54, 1.807) is 30.3 Å². The lowest BCUT2D eigenvalue weighted by molar-refractivity contribution is 0.158. The van der Waals surface area contributed by atoms with E-state index in [4.69, 9.17) is 0 Å². The van der Waals surface area contributed by atoms with Gasteiger partial charge < -0.3 is 15.1 Å². The smallest absolute Gasteiger partial charge is 0.319 e.